The van der Waals surface area contributed by atoms with Crippen molar-refractivity contribution < 1.29 is 4.79 Å². The highest BCUT2D eigenvalue weighted by Gasteiger charge is 2.46. The molecule has 5 aromatic rings. The molecule has 0 bridgehead atoms. The molecule has 0 radical (unpaired) electrons. The standard InChI is InChI=1S/C43H40N6O/c1-6-8-19-37(7-2)47(28-31-20-24-35(25-21-31)33-15-11-9-12-16-33)39-38-40(48-30-43(3,4)44-42(48)46(5)41(38)50)49(45-39)29-32-22-26-36(27-23-32)34-17-13-10-14-18-34/h6-8,10-11,13-27H,1,28-30H2,2-5H3/b19-8-,37-7+. The molecule has 7 rings (SSSR count). The average molecular weight is 657 g/mol. The molecule has 4 aromatic carbocycles. The molecule has 0 unspecified atom stereocenters. The number of allylic oxidation sites excluding steroid dienone is 4. The van der Waals surface area contributed by atoms with Crippen molar-refractivity contribution in [3.63, 3.8) is 0 Å². The number of rotatable bonds is 10. The maximum atomic E-state index is 14.4. The molecule has 0 saturated carbocycles. The van der Waals surface area contributed by atoms with Gasteiger partial charge in [-0.1, -0.05) is 116 Å². The zero-order valence-electron chi connectivity index (χ0n) is 29.0. The van der Waals surface area contributed by atoms with Crippen LogP contribution in [0.1, 0.15) is 42.3 Å². The quantitative estimate of drug-likeness (QED) is 0.141. The number of carbonyl (C=O) groups excluding carboxylic acids is 1. The minimum absolute atomic E-state index is 0.131. The smallest absolute Gasteiger partial charge is 0.267 e. The molecule has 0 atom stereocenters. The van der Waals surface area contributed by atoms with Crippen molar-refractivity contribution in [1.82, 2.24) is 14.7 Å². The van der Waals surface area contributed by atoms with Crippen molar-refractivity contribution in [3.8, 4) is 22.3 Å². The Labute approximate surface area is 294 Å². The molecule has 248 valence electrons. The van der Waals surface area contributed by atoms with Crippen LogP contribution in [0.15, 0.2) is 139 Å². The van der Waals surface area contributed by atoms with Crippen LogP contribution in [-0.4, -0.2) is 45.7 Å². The number of aliphatic imine (C=N–C) groups is 1. The van der Waals surface area contributed by atoms with Crippen LogP contribution < -0.4 is 9.80 Å². The van der Waals surface area contributed by atoms with Gasteiger partial charge >= 0.3 is 0 Å². The first-order chi connectivity index (χ1) is 24.3. The number of nitrogens with zero attached hydrogens (tertiary/aromatic N) is 6. The van der Waals surface area contributed by atoms with Crippen LogP contribution in [0.4, 0.5) is 11.6 Å². The second-order valence-corrected chi connectivity index (χ2v) is 13.2. The van der Waals surface area contributed by atoms with Gasteiger partial charge in [0.1, 0.15) is 11.4 Å². The molecule has 7 nitrogen and oxygen atoms in total. The Morgan fingerprint density at radius 3 is 2.26 bits per heavy atom. The first kappa shape index (κ1) is 32.4. The lowest BCUT2D eigenvalue weighted by molar-refractivity contribution is 0.0866. The maximum Gasteiger partial charge on any atom is 0.267 e. The summed E-state index contributed by atoms with van der Waals surface area (Å²) in [4.78, 5) is 25.3. The van der Waals surface area contributed by atoms with Crippen LogP contribution in [0.3, 0.4) is 0 Å². The third-order valence-corrected chi connectivity index (χ3v) is 9.12. The largest absolute Gasteiger partial charge is 0.320 e. The monoisotopic (exact) mass is 656 g/mol. The summed E-state index contributed by atoms with van der Waals surface area (Å²) in [6.45, 7) is 11.7. The van der Waals surface area contributed by atoms with Crippen LogP contribution in [0.5, 0.6) is 0 Å². The second-order valence-electron chi connectivity index (χ2n) is 13.2. The van der Waals surface area contributed by atoms with E-state index in [9.17, 15) is 4.79 Å². The van der Waals surface area contributed by atoms with E-state index in [4.69, 9.17) is 10.1 Å². The highest BCUT2D eigenvalue weighted by atomic mass is 16.2. The maximum absolute atomic E-state index is 14.4. The molecule has 0 fully saturated rings. The van der Waals surface area contributed by atoms with Gasteiger partial charge in [-0.3, -0.25) is 14.6 Å². The minimum Gasteiger partial charge on any atom is -0.320 e. The predicted octanol–water partition coefficient (Wildman–Crippen LogP) is 8.56. The summed E-state index contributed by atoms with van der Waals surface area (Å²) in [7, 11) is 1.80. The lowest BCUT2D eigenvalue weighted by Crippen LogP contribution is -2.49. The number of anilines is 2. The van der Waals surface area contributed by atoms with E-state index in [2.05, 4.69) is 115 Å². The van der Waals surface area contributed by atoms with Crippen LogP contribution in [0, 0.1) is 12.1 Å². The third kappa shape index (κ3) is 6.24. The van der Waals surface area contributed by atoms with Gasteiger partial charge < -0.3 is 4.90 Å². The Kier molecular flexibility index (Phi) is 8.69. The van der Waals surface area contributed by atoms with Gasteiger partial charge in [-0.05, 0) is 78.4 Å². The second kappa shape index (κ2) is 13.4. The Hall–Kier alpha value is -6.13. The van der Waals surface area contributed by atoms with Crippen LogP contribution in [-0.2, 0) is 13.1 Å². The Balaban J connectivity index is 1.33. The highest BCUT2D eigenvalue weighted by Crippen LogP contribution is 2.41. The topological polar surface area (TPSA) is 57.0 Å². The van der Waals surface area contributed by atoms with E-state index in [0.717, 1.165) is 39.3 Å². The van der Waals surface area contributed by atoms with E-state index < -0.39 is 0 Å². The lowest BCUT2D eigenvalue weighted by atomic mass is 10.0. The summed E-state index contributed by atoms with van der Waals surface area (Å²) in [5.74, 6) is 1.88. The lowest BCUT2D eigenvalue weighted by Gasteiger charge is -2.33. The number of fused-ring (bicyclic) bond motifs is 3. The number of benzene rings is 3. The molecule has 0 aliphatic carbocycles. The summed E-state index contributed by atoms with van der Waals surface area (Å²) in [6, 6.07) is 39.3. The summed E-state index contributed by atoms with van der Waals surface area (Å²) < 4.78 is 1.98. The number of hydrogen-bond donors (Lipinski definition) is 0. The molecule has 1 aromatic heterocycles. The molecule has 0 N–H and O–H groups in total. The molecule has 7 heteroatoms. The van der Waals surface area contributed by atoms with Crippen molar-refractivity contribution in [1.29, 1.82) is 0 Å². The molecule has 2 aliphatic rings. The fourth-order valence-corrected chi connectivity index (χ4v) is 6.63. The third-order valence-electron chi connectivity index (χ3n) is 9.12. The fourth-order valence-electron chi connectivity index (χ4n) is 6.63. The first-order valence-corrected chi connectivity index (χ1v) is 16.9. The summed E-state index contributed by atoms with van der Waals surface area (Å²) >= 11 is 0. The fraction of sp³-hybridized carbons (Fsp3) is 0.186. The molecule has 2 aliphatic heterocycles. The predicted molar refractivity (Wildman–Crippen MR) is 203 cm³/mol. The summed E-state index contributed by atoms with van der Waals surface area (Å²) in [5, 5.41) is 5.29. The molecule has 1 amide bonds. The van der Waals surface area contributed by atoms with Gasteiger partial charge in [-0.2, -0.15) is 5.10 Å². The molecule has 3 heterocycles. The van der Waals surface area contributed by atoms with Crippen LogP contribution >= 0.6 is 0 Å². The molecule has 0 spiro atoms. The van der Waals surface area contributed by atoms with E-state index in [-0.39, 0.29) is 11.4 Å². The van der Waals surface area contributed by atoms with E-state index in [1.165, 1.54) is 5.56 Å². The zero-order chi connectivity index (χ0) is 34.8. The summed E-state index contributed by atoms with van der Waals surface area (Å²) in [6.07, 6.45) is 7.72. The normalized spacial score (nSPS) is 15.1. The van der Waals surface area contributed by atoms with Gasteiger partial charge in [0.25, 0.3) is 5.91 Å². The Bertz CT molecular complexity index is 2110. The van der Waals surface area contributed by atoms with Gasteiger partial charge in [-0.15, -0.1) is 0 Å². The van der Waals surface area contributed by atoms with Crippen molar-refractivity contribution in [2.24, 2.45) is 4.99 Å². The first-order valence-electron chi connectivity index (χ1n) is 16.9. The van der Waals surface area contributed by atoms with Crippen molar-refractivity contribution in [2.75, 3.05) is 23.4 Å². The van der Waals surface area contributed by atoms with E-state index in [1.54, 1.807) is 18.0 Å². The SMILES string of the molecule is C=C/C=C\C(=C/C)N(Cc1ccc(-c2cc#ccc2)cc1)c1nn(Cc2ccc(-c3ccccc3)cc2)c2c1C(=O)N(C)C1=NC(C)(C)CN12. The zero-order valence-corrected chi connectivity index (χ0v) is 29.0. The minimum atomic E-state index is -0.366. The number of carbonyl (C=O) groups is 1. The number of hydrogen-bond acceptors (Lipinski definition) is 5. The number of amides is 1. The van der Waals surface area contributed by atoms with Crippen LogP contribution in [0.25, 0.3) is 22.3 Å². The molecular formula is C43H40N6O. The van der Waals surface area contributed by atoms with Crippen molar-refractivity contribution in [2.45, 2.75) is 39.4 Å². The molecule has 50 heavy (non-hydrogen) atoms. The number of aromatic nitrogens is 2. The van der Waals surface area contributed by atoms with E-state index in [1.807, 2.05) is 54.1 Å². The van der Waals surface area contributed by atoms with Gasteiger partial charge in [0.05, 0.1) is 18.6 Å². The summed E-state index contributed by atoms with van der Waals surface area (Å²) in [5.41, 5.74) is 7.76. The highest BCUT2D eigenvalue weighted by molar-refractivity contribution is 6.21. The van der Waals surface area contributed by atoms with Gasteiger partial charge in [0, 0.05) is 19.3 Å². The Morgan fingerprint density at radius 1 is 0.920 bits per heavy atom. The van der Waals surface area contributed by atoms with Crippen LogP contribution in [0.2, 0.25) is 0 Å². The van der Waals surface area contributed by atoms with Gasteiger partial charge in [0.15, 0.2) is 5.82 Å². The average Bonchev–Trinajstić information content (AvgIpc) is 3.68. The van der Waals surface area contributed by atoms with Crippen molar-refractivity contribution in [3.05, 3.63) is 162 Å². The van der Waals surface area contributed by atoms with E-state index in [0.29, 0.717) is 37.0 Å². The molecule has 0 saturated heterocycles. The van der Waals surface area contributed by atoms with Gasteiger partial charge in [-0.25, -0.2) is 9.67 Å². The Morgan fingerprint density at radius 2 is 1.60 bits per heavy atom. The number of guanidine groups is 1. The van der Waals surface area contributed by atoms with Crippen molar-refractivity contribution >= 4 is 23.5 Å². The molecular weight excluding hydrogens is 617 g/mol. The van der Waals surface area contributed by atoms with Gasteiger partial charge in [0.2, 0.25) is 5.96 Å². The van der Waals surface area contributed by atoms with E-state index >= 15 is 0 Å².